The van der Waals surface area contributed by atoms with Gasteiger partial charge in [-0.25, -0.2) is 0 Å². The monoisotopic (exact) mass is 826 g/mol. The second kappa shape index (κ2) is 20.3. The minimum Gasteiger partial charge on any atom is -0.326 e. The lowest BCUT2D eigenvalue weighted by Gasteiger charge is -2.40. The van der Waals surface area contributed by atoms with Gasteiger partial charge in [0.2, 0.25) is 23.6 Å². The molecule has 0 radical (unpaired) electrons. The third-order valence-corrected chi connectivity index (χ3v) is 12.1. The SMILES string of the molecule is CC(=O)Nc1cccc(-c2ccc3c(c2)C(N)CC(C)N3C(C)=O)c1.CC(=O)Nc1cccc(-c2ccc3c(c2)C(NC2CCCC2)CC(C)N3C(C)=O)c1.O=C1CCCC1. The molecule has 0 bridgehead atoms. The van der Waals surface area contributed by atoms with Gasteiger partial charge in [0.1, 0.15) is 5.78 Å². The molecule has 4 aromatic rings. The van der Waals surface area contributed by atoms with Crippen molar-refractivity contribution < 1.29 is 24.0 Å². The van der Waals surface area contributed by atoms with Crippen molar-refractivity contribution in [2.75, 3.05) is 20.4 Å². The summed E-state index contributed by atoms with van der Waals surface area (Å²) in [6, 6.07) is 28.9. The Bertz CT molecular complexity index is 2240. The number of hydrogen-bond donors (Lipinski definition) is 4. The number of benzene rings is 4. The highest BCUT2D eigenvalue weighted by Crippen LogP contribution is 2.42. The number of hydrogen-bond acceptors (Lipinski definition) is 7. The van der Waals surface area contributed by atoms with Crippen LogP contribution in [-0.2, 0) is 24.0 Å². The van der Waals surface area contributed by atoms with E-state index in [4.69, 9.17) is 5.73 Å². The lowest BCUT2D eigenvalue weighted by atomic mass is 9.88. The van der Waals surface area contributed by atoms with Gasteiger partial charge in [0.05, 0.1) is 0 Å². The van der Waals surface area contributed by atoms with Crippen molar-refractivity contribution in [3.63, 3.8) is 0 Å². The number of ketones is 1. The van der Waals surface area contributed by atoms with E-state index in [1.54, 1.807) is 13.8 Å². The van der Waals surface area contributed by atoms with E-state index >= 15 is 0 Å². The van der Waals surface area contributed by atoms with Gasteiger partial charge in [-0.05, 0) is 134 Å². The van der Waals surface area contributed by atoms with Crippen LogP contribution in [0.4, 0.5) is 22.7 Å². The Kier molecular flexibility index (Phi) is 14.9. The lowest BCUT2D eigenvalue weighted by molar-refractivity contribution is -0.118. The maximum absolute atomic E-state index is 12.4. The van der Waals surface area contributed by atoms with Crippen molar-refractivity contribution in [1.82, 2.24) is 5.32 Å². The molecule has 2 aliphatic heterocycles. The fourth-order valence-electron chi connectivity index (χ4n) is 9.35. The van der Waals surface area contributed by atoms with E-state index < -0.39 is 0 Å². The van der Waals surface area contributed by atoms with Gasteiger partial charge >= 0.3 is 0 Å². The normalized spacial score (nSPS) is 20.6. The summed E-state index contributed by atoms with van der Waals surface area (Å²) in [6.45, 7) is 10.4. The largest absolute Gasteiger partial charge is 0.326 e. The predicted molar refractivity (Wildman–Crippen MR) is 245 cm³/mol. The molecule has 0 aromatic heterocycles. The van der Waals surface area contributed by atoms with Gasteiger partial charge in [0, 0.05) is 93.5 Å². The highest BCUT2D eigenvalue weighted by atomic mass is 16.2. The number of carbonyl (C=O) groups excluding carboxylic acids is 5. The summed E-state index contributed by atoms with van der Waals surface area (Å²) in [5.74, 6) is 0.389. The quantitative estimate of drug-likeness (QED) is 0.151. The summed E-state index contributed by atoms with van der Waals surface area (Å²) in [7, 11) is 0. The fourth-order valence-corrected chi connectivity index (χ4v) is 9.35. The zero-order valence-electron chi connectivity index (χ0n) is 36.6. The molecule has 4 aliphatic rings. The van der Waals surface area contributed by atoms with Gasteiger partial charge in [0.25, 0.3) is 0 Å². The Hall–Kier alpha value is -5.65. The number of nitrogens with one attached hydrogen (secondary N) is 3. The summed E-state index contributed by atoms with van der Waals surface area (Å²) in [6.07, 6.45) is 10.7. The number of nitrogens with two attached hydrogens (primary N) is 1. The van der Waals surface area contributed by atoms with Crippen molar-refractivity contribution in [1.29, 1.82) is 0 Å². The number of carbonyl (C=O) groups is 5. The number of rotatable bonds is 6. The molecule has 5 N–H and O–H groups in total. The molecule has 8 rings (SSSR count). The van der Waals surface area contributed by atoms with Gasteiger partial charge in [-0.2, -0.15) is 0 Å². The van der Waals surface area contributed by atoms with E-state index in [9.17, 15) is 24.0 Å². The maximum atomic E-state index is 12.4. The summed E-state index contributed by atoms with van der Waals surface area (Å²) in [5.41, 5.74) is 16.1. The van der Waals surface area contributed by atoms with E-state index in [0.717, 1.165) is 89.1 Å². The van der Waals surface area contributed by atoms with Crippen LogP contribution in [0.25, 0.3) is 22.3 Å². The maximum Gasteiger partial charge on any atom is 0.224 e. The first-order chi connectivity index (χ1) is 29.2. The smallest absolute Gasteiger partial charge is 0.224 e. The standard InChI is InChI=1S/C25H31N3O2.C20H23N3O2.C5H8O/c1-16-13-24(27-21-8-4-5-9-21)23-15-20(11-12-25(23)28(16)18(3)30)19-7-6-10-22(14-19)26-17(2)29;1-12-9-19(21)18-11-16(7-8-20(18)23(12)14(3)25)15-5-4-6-17(10-15)22-13(2)24;6-5-3-1-2-4-5/h6-7,10-12,14-16,21,24,27H,4-5,8-9,13H2,1-3H3,(H,26,29);4-8,10-12,19H,9,21H2,1-3H3,(H,22,24);1-4H2. The van der Waals surface area contributed by atoms with Gasteiger partial charge in [0.15, 0.2) is 0 Å². The van der Waals surface area contributed by atoms with E-state index in [0.29, 0.717) is 11.8 Å². The Morgan fingerprint density at radius 3 is 1.51 bits per heavy atom. The summed E-state index contributed by atoms with van der Waals surface area (Å²) in [5, 5.41) is 9.54. The summed E-state index contributed by atoms with van der Waals surface area (Å²) < 4.78 is 0. The summed E-state index contributed by atoms with van der Waals surface area (Å²) in [4.78, 5) is 61.1. The minimum absolute atomic E-state index is 0.0288. The molecule has 4 amide bonds. The van der Waals surface area contributed by atoms with Crippen molar-refractivity contribution in [2.45, 2.75) is 136 Å². The molecule has 61 heavy (non-hydrogen) atoms. The molecular formula is C50H62N6O5. The molecule has 0 spiro atoms. The first-order valence-electron chi connectivity index (χ1n) is 21.8. The van der Waals surface area contributed by atoms with Gasteiger partial charge < -0.3 is 31.5 Å². The molecule has 2 saturated carbocycles. The van der Waals surface area contributed by atoms with Crippen LogP contribution in [-0.4, -0.2) is 47.5 Å². The Labute approximate surface area is 360 Å². The Morgan fingerprint density at radius 1 is 0.590 bits per heavy atom. The zero-order chi connectivity index (χ0) is 43.8. The number of nitrogens with zero attached hydrogens (tertiary/aromatic N) is 2. The number of amides is 4. The van der Waals surface area contributed by atoms with Crippen LogP contribution in [0.3, 0.4) is 0 Å². The average Bonchev–Trinajstić information content (AvgIpc) is 3.92. The van der Waals surface area contributed by atoms with E-state index in [1.165, 1.54) is 45.1 Å². The van der Waals surface area contributed by atoms with Gasteiger partial charge in [-0.1, -0.05) is 49.2 Å². The molecule has 4 aromatic carbocycles. The van der Waals surface area contributed by atoms with Crippen molar-refractivity contribution in [2.24, 2.45) is 5.73 Å². The van der Waals surface area contributed by atoms with E-state index in [-0.39, 0.29) is 47.8 Å². The molecule has 0 saturated heterocycles. The molecule has 2 fully saturated rings. The third kappa shape index (κ3) is 11.4. The van der Waals surface area contributed by atoms with E-state index in [1.807, 2.05) is 71.3 Å². The van der Waals surface area contributed by atoms with Gasteiger partial charge in [-0.3, -0.25) is 24.0 Å². The third-order valence-electron chi connectivity index (χ3n) is 12.1. The second-order valence-corrected chi connectivity index (χ2v) is 17.1. The molecule has 4 atom stereocenters. The van der Waals surface area contributed by atoms with Crippen LogP contribution in [0.2, 0.25) is 0 Å². The molecular weight excluding hydrogens is 765 g/mol. The van der Waals surface area contributed by atoms with Crippen LogP contribution in [0.15, 0.2) is 84.9 Å². The number of fused-ring (bicyclic) bond motifs is 2. The average molecular weight is 827 g/mol. The lowest BCUT2D eigenvalue weighted by Crippen LogP contribution is -2.46. The topological polar surface area (TPSA) is 154 Å². The molecule has 2 aliphatic carbocycles. The number of Topliss-reactive ketones (excluding diaryl/α,β-unsaturated/α-hetero) is 1. The van der Waals surface area contributed by atoms with Crippen molar-refractivity contribution >= 4 is 52.2 Å². The zero-order valence-corrected chi connectivity index (χ0v) is 36.6. The molecule has 2 heterocycles. The van der Waals surface area contributed by atoms with Crippen LogP contribution in [0, 0.1) is 0 Å². The Morgan fingerprint density at radius 2 is 1.05 bits per heavy atom. The van der Waals surface area contributed by atoms with Crippen LogP contribution < -0.4 is 31.5 Å². The second-order valence-electron chi connectivity index (χ2n) is 17.1. The molecule has 11 nitrogen and oxygen atoms in total. The summed E-state index contributed by atoms with van der Waals surface area (Å²) >= 11 is 0. The van der Waals surface area contributed by atoms with Gasteiger partial charge in [-0.15, -0.1) is 0 Å². The van der Waals surface area contributed by atoms with Crippen LogP contribution in [0.5, 0.6) is 0 Å². The molecule has 322 valence electrons. The fraction of sp³-hybridized carbons (Fsp3) is 0.420. The highest BCUT2D eigenvalue weighted by molar-refractivity contribution is 5.96. The first-order valence-corrected chi connectivity index (χ1v) is 21.8. The van der Waals surface area contributed by atoms with E-state index in [2.05, 4.69) is 53.2 Å². The van der Waals surface area contributed by atoms with Crippen LogP contribution in [0.1, 0.15) is 129 Å². The first kappa shape index (κ1) is 44.9. The molecule has 11 heteroatoms. The Balaban J connectivity index is 0.000000181. The molecule has 4 unspecified atom stereocenters. The predicted octanol–water partition coefficient (Wildman–Crippen LogP) is 9.62. The number of anilines is 4. The van der Waals surface area contributed by atoms with Crippen molar-refractivity contribution in [3.05, 3.63) is 96.1 Å². The van der Waals surface area contributed by atoms with Crippen LogP contribution >= 0.6 is 0 Å². The highest BCUT2D eigenvalue weighted by Gasteiger charge is 2.34. The minimum atomic E-state index is -0.101. The van der Waals surface area contributed by atoms with Crippen molar-refractivity contribution in [3.8, 4) is 22.3 Å².